The fraction of sp³-hybridized carbons (Fsp3) is 0.471. The summed E-state index contributed by atoms with van der Waals surface area (Å²) in [5, 5.41) is 3.63. The number of nitrogens with one attached hydrogen (secondary N) is 1. The topological polar surface area (TPSA) is 34.2 Å². The summed E-state index contributed by atoms with van der Waals surface area (Å²) in [7, 11) is 0. The van der Waals surface area contributed by atoms with E-state index < -0.39 is 0 Å². The maximum Gasteiger partial charge on any atom is 0.120 e. The van der Waals surface area contributed by atoms with Gasteiger partial charge in [0.05, 0.1) is 17.3 Å². The molecule has 0 aliphatic rings. The van der Waals surface area contributed by atoms with Crippen LogP contribution in [0, 0.1) is 6.92 Å². The van der Waals surface area contributed by atoms with E-state index in [2.05, 4.69) is 43.2 Å². The van der Waals surface area contributed by atoms with E-state index >= 15 is 0 Å². The third-order valence-corrected chi connectivity index (χ3v) is 4.52. The quantitative estimate of drug-likeness (QED) is 0.843. The van der Waals surface area contributed by atoms with Crippen LogP contribution in [-0.4, -0.2) is 11.1 Å². The molecule has 0 aliphatic carbocycles. The van der Waals surface area contributed by atoms with Crippen molar-refractivity contribution in [2.24, 2.45) is 0 Å². The van der Waals surface area contributed by atoms with E-state index in [0.717, 1.165) is 11.4 Å². The zero-order chi connectivity index (χ0) is 15.4. The van der Waals surface area contributed by atoms with E-state index in [1.165, 1.54) is 10.4 Å². The largest absolute Gasteiger partial charge is 0.491 e. The molecule has 2 atom stereocenters. The molecule has 0 saturated carbocycles. The molecular weight excluding hydrogens is 280 g/mol. The molecule has 1 aromatic heterocycles. The Hall–Kier alpha value is -1.39. The van der Waals surface area contributed by atoms with Crippen molar-refractivity contribution < 1.29 is 4.74 Å². The third kappa shape index (κ3) is 4.29. The zero-order valence-corrected chi connectivity index (χ0v) is 14.2. The van der Waals surface area contributed by atoms with Gasteiger partial charge in [0, 0.05) is 17.0 Å². The molecule has 4 heteroatoms. The molecule has 0 saturated heterocycles. The number of hydrogen-bond acceptors (Lipinski definition) is 4. The Kier molecular flexibility index (Phi) is 5.37. The van der Waals surface area contributed by atoms with Gasteiger partial charge in [0.25, 0.3) is 0 Å². The van der Waals surface area contributed by atoms with Crippen LogP contribution >= 0.6 is 11.3 Å². The monoisotopic (exact) mass is 304 g/mol. The molecule has 0 aliphatic heterocycles. The molecular formula is C17H24N2OS. The van der Waals surface area contributed by atoms with Crippen LogP contribution in [0.4, 0.5) is 0 Å². The second-order valence-corrected chi connectivity index (χ2v) is 6.54. The van der Waals surface area contributed by atoms with Crippen molar-refractivity contribution in [1.29, 1.82) is 0 Å². The van der Waals surface area contributed by atoms with Crippen molar-refractivity contribution in [1.82, 2.24) is 10.3 Å². The fourth-order valence-corrected chi connectivity index (χ4v) is 3.22. The third-order valence-electron chi connectivity index (χ3n) is 3.41. The summed E-state index contributed by atoms with van der Waals surface area (Å²) in [6.45, 7) is 10.5. The van der Waals surface area contributed by atoms with Gasteiger partial charge in [0.1, 0.15) is 5.75 Å². The molecule has 1 aromatic carbocycles. The second-order valence-electron chi connectivity index (χ2n) is 5.65. The van der Waals surface area contributed by atoms with Gasteiger partial charge < -0.3 is 10.1 Å². The number of nitrogens with zero attached hydrogens (tertiary/aromatic N) is 1. The van der Waals surface area contributed by atoms with Gasteiger partial charge >= 0.3 is 0 Å². The van der Waals surface area contributed by atoms with Crippen molar-refractivity contribution in [2.75, 3.05) is 0 Å². The molecule has 114 valence electrons. The number of thiazole rings is 1. The summed E-state index contributed by atoms with van der Waals surface area (Å²) >= 11 is 1.71. The Morgan fingerprint density at radius 2 is 1.90 bits per heavy atom. The Labute approximate surface area is 131 Å². The molecule has 0 amide bonds. The Morgan fingerprint density at radius 3 is 2.52 bits per heavy atom. The van der Waals surface area contributed by atoms with Crippen molar-refractivity contribution in [3.8, 4) is 5.75 Å². The molecule has 0 fully saturated rings. The van der Waals surface area contributed by atoms with E-state index in [1.54, 1.807) is 11.3 Å². The van der Waals surface area contributed by atoms with E-state index in [0.29, 0.717) is 6.04 Å². The summed E-state index contributed by atoms with van der Waals surface area (Å²) in [5.41, 5.74) is 4.26. The maximum atomic E-state index is 5.77. The molecule has 0 bridgehead atoms. The van der Waals surface area contributed by atoms with Crippen LogP contribution in [0.3, 0.4) is 0 Å². The second kappa shape index (κ2) is 7.05. The Balaban J connectivity index is 2.06. The molecule has 1 heterocycles. The molecule has 2 rings (SSSR count). The molecule has 0 spiro atoms. The number of ether oxygens (including phenoxy) is 1. The first kappa shape index (κ1) is 16.0. The van der Waals surface area contributed by atoms with E-state index in [-0.39, 0.29) is 12.1 Å². The molecule has 0 radical (unpaired) electrons. The van der Waals surface area contributed by atoms with Gasteiger partial charge in [0.2, 0.25) is 0 Å². The molecule has 2 unspecified atom stereocenters. The summed E-state index contributed by atoms with van der Waals surface area (Å²) in [6.07, 6.45) is 0.197. The molecule has 2 aromatic rings. The number of aryl methyl sites for hydroxylation is 1. The molecule has 3 nitrogen and oxygen atoms in total. The van der Waals surface area contributed by atoms with Crippen LogP contribution in [0.1, 0.15) is 55.9 Å². The van der Waals surface area contributed by atoms with Gasteiger partial charge in [-0.25, -0.2) is 4.98 Å². The van der Waals surface area contributed by atoms with Gasteiger partial charge in [-0.05, 0) is 52.3 Å². The lowest BCUT2D eigenvalue weighted by molar-refractivity contribution is 0.242. The zero-order valence-electron chi connectivity index (χ0n) is 13.4. The summed E-state index contributed by atoms with van der Waals surface area (Å²) in [6, 6.07) is 8.86. The van der Waals surface area contributed by atoms with E-state index in [1.807, 2.05) is 31.5 Å². The lowest BCUT2D eigenvalue weighted by Gasteiger charge is -2.21. The van der Waals surface area contributed by atoms with Gasteiger partial charge in [-0.3, -0.25) is 0 Å². The highest BCUT2D eigenvalue weighted by Crippen LogP contribution is 2.26. The minimum Gasteiger partial charge on any atom is -0.491 e. The van der Waals surface area contributed by atoms with E-state index in [4.69, 9.17) is 4.74 Å². The molecule has 21 heavy (non-hydrogen) atoms. The van der Waals surface area contributed by atoms with Crippen LogP contribution in [0.2, 0.25) is 0 Å². The van der Waals surface area contributed by atoms with Gasteiger partial charge in [-0.2, -0.15) is 0 Å². The maximum absolute atomic E-state index is 5.77. The smallest absolute Gasteiger partial charge is 0.120 e. The fourth-order valence-electron chi connectivity index (χ4n) is 2.40. The average Bonchev–Trinajstić information content (AvgIpc) is 2.84. The predicted octanol–water partition coefficient (Wildman–Crippen LogP) is 4.65. The lowest BCUT2D eigenvalue weighted by Crippen LogP contribution is -2.22. The SMILES string of the molecule is Cc1ncsc1C(C)NC(C)c1cccc(OC(C)C)c1. The first-order valence-electron chi connectivity index (χ1n) is 7.40. The highest BCUT2D eigenvalue weighted by atomic mass is 32.1. The normalized spacial score (nSPS) is 14.2. The summed E-state index contributed by atoms with van der Waals surface area (Å²) in [5.74, 6) is 0.928. The Morgan fingerprint density at radius 1 is 1.14 bits per heavy atom. The Bertz CT molecular complexity index is 580. The van der Waals surface area contributed by atoms with Gasteiger partial charge in [-0.15, -0.1) is 11.3 Å². The van der Waals surface area contributed by atoms with Crippen LogP contribution in [0.5, 0.6) is 5.75 Å². The van der Waals surface area contributed by atoms with Crippen molar-refractivity contribution in [3.63, 3.8) is 0 Å². The number of rotatable bonds is 6. The number of benzene rings is 1. The van der Waals surface area contributed by atoms with Gasteiger partial charge in [0.15, 0.2) is 0 Å². The van der Waals surface area contributed by atoms with Crippen molar-refractivity contribution >= 4 is 11.3 Å². The first-order chi connectivity index (χ1) is 9.97. The summed E-state index contributed by atoms with van der Waals surface area (Å²) in [4.78, 5) is 5.63. The summed E-state index contributed by atoms with van der Waals surface area (Å²) < 4.78 is 5.77. The van der Waals surface area contributed by atoms with Crippen LogP contribution in [0.15, 0.2) is 29.8 Å². The molecule has 1 N–H and O–H groups in total. The van der Waals surface area contributed by atoms with Crippen LogP contribution in [0.25, 0.3) is 0 Å². The lowest BCUT2D eigenvalue weighted by atomic mass is 10.1. The number of aromatic nitrogens is 1. The predicted molar refractivity (Wildman–Crippen MR) is 89.0 cm³/mol. The van der Waals surface area contributed by atoms with Gasteiger partial charge in [-0.1, -0.05) is 12.1 Å². The van der Waals surface area contributed by atoms with Crippen molar-refractivity contribution in [3.05, 3.63) is 45.9 Å². The highest BCUT2D eigenvalue weighted by Gasteiger charge is 2.15. The van der Waals surface area contributed by atoms with Crippen molar-refractivity contribution in [2.45, 2.75) is 52.8 Å². The highest BCUT2D eigenvalue weighted by molar-refractivity contribution is 7.09. The minimum atomic E-state index is 0.197. The first-order valence-corrected chi connectivity index (χ1v) is 8.28. The standard InChI is InChI=1S/C17H24N2OS/c1-11(2)20-16-8-6-7-15(9-16)12(3)19-14(5)17-13(4)18-10-21-17/h6-12,14,19H,1-5H3. The average molecular weight is 304 g/mol. The van der Waals surface area contributed by atoms with Crippen LogP contribution in [-0.2, 0) is 0 Å². The van der Waals surface area contributed by atoms with E-state index in [9.17, 15) is 0 Å². The van der Waals surface area contributed by atoms with Crippen LogP contribution < -0.4 is 10.1 Å². The number of hydrogen-bond donors (Lipinski definition) is 1. The minimum absolute atomic E-state index is 0.197.